The predicted octanol–water partition coefficient (Wildman–Crippen LogP) is 0.799. The number of carboxylic acid groups (broad SMARTS) is 1. The number of carboxylic acids is 1. The van der Waals surface area contributed by atoms with Gasteiger partial charge in [-0.3, -0.25) is 9.48 Å². The van der Waals surface area contributed by atoms with Crippen LogP contribution >= 0.6 is 0 Å². The molecular weight excluding hydrogens is 234 g/mol. The van der Waals surface area contributed by atoms with Gasteiger partial charge in [0.2, 0.25) is 5.91 Å². The Balaban J connectivity index is 2.79. The lowest BCUT2D eigenvalue weighted by Gasteiger charge is -2.17. The smallest absolute Gasteiger partial charge is 0.331 e. The van der Waals surface area contributed by atoms with Crippen LogP contribution in [-0.4, -0.2) is 38.7 Å². The summed E-state index contributed by atoms with van der Waals surface area (Å²) >= 11 is 0. The Bertz CT molecular complexity index is 502. The van der Waals surface area contributed by atoms with Crippen molar-refractivity contribution >= 4 is 11.9 Å². The first kappa shape index (κ1) is 14.0. The van der Waals surface area contributed by atoms with E-state index in [1.54, 1.807) is 25.0 Å². The predicted molar refractivity (Wildman–Crippen MR) is 65.7 cm³/mol. The van der Waals surface area contributed by atoms with Crippen molar-refractivity contribution in [1.29, 1.82) is 0 Å². The lowest BCUT2D eigenvalue weighted by molar-refractivity contribution is -0.133. The summed E-state index contributed by atoms with van der Waals surface area (Å²) in [5.41, 5.74) is 1.21. The molecule has 1 aromatic heterocycles. The van der Waals surface area contributed by atoms with Crippen LogP contribution in [0.1, 0.15) is 19.4 Å². The first-order valence-electron chi connectivity index (χ1n) is 5.46. The monoisotopic (exact) mass is 251 g/mol. The largest absolute Gasteiger partial charge is 0.478 e. The first-order valence-corrected chi connectivity index (χ1v) is 5.46. The van der Waals surface area contributed by atoms with E-state index in [9.17, 15) is 9.59 Å². The highest BCUT2D eigenvalue weighted by Gasteiger charge is 2.17. The van der Waals surface area contributed by atoms with Gasteiger partial charge in [0.1, 0.15) is 0 Å². The van der Waals surface area contributed by atoms with Crippen LogP contribution in [0.25, 0.3) is 0 Å². The number of aromatic nitrogens is 2. The van der Waals surface area contributed by atoms with Crippen molar-refractivity contribution in [2.75, 3.05) is 7.05 Å². The van der Waals surface area contributed by atoms with E-state index < -0.39 is 5.97 Å². The molecule has 18 heavy (non-hydrogen) atoms. The fraction of sp³-hybridized carbons (Fsp3) is 0.417. The van der Waals surface area contributed by atoms with Crippen LogP contribution in [0.4, 0.5) is 0 Å². The zero-order chi connectivity index (χ0) is 13.9. The van der Waals surface area contributed by atoms with Crippen molar-refractivity contribution in [2.24, 2.45) is 7.05 Å². The van der Waals surface area contributed by atoms with Gasteiger partial charge in [-0.2, -0.15) is 5.10 Å². The van der Waals surface area contributed by atoms with Crippen molar-refractivity contribution in [1.82, 2.24) is 14.7 Å². The number of hydrogen-bond donors (Lipinski definition) is 1. The van der Waals surface area contributed by atoms with E-state index in [2.05, 4.69) is 5.10 Å². The van der Waals surface area contributed by atoms with Crippen LogP contribution in [0.2, 0.25) is 0 Å². The molecule has 6 heteroatoms. The third kappa shape index (κ3) is 3.19. The van der Waals surface area contributed by atoms with Crippen LogP contribution in [0.15, 0.2) is 23.5 Å². The molecule has 0 unspecified atom stereocenters. The van der Waals surface area contributed by atoms with Gasteiger partial charge in [-0.15, -0.1) is 0 Å². The molecule has 0 aliphatic heterocycles. The normalized spacial score (nSPS) is 12.0. The Morgan fingerprint density at radius 3 is 2.44 bits per heavy atom. The van der Waals surface area contributed by atoms with E-state index in [4.69, 9.17) is 5.11 Å². The summed E-state index contributed by atoms with van der Waals surface area (Å²) in [5, 5.41) is 12.8. The first-order chi connectivity index (χ1) is 8.32. The van der Waals surface area contributed by atoms with Crippen LogP contribution < -0.4 is 0 Å². The van der Waals surface area contributed by atoms with E-state index in [0.717, 1.165) is 5.56 Å². The molecule has 0 saturated heterocycles. The molecule has 1 amide bonds. The molecule has 1 heterocycles. The molecule has 6 nitrogen and oxygen atoms in total. The number of aliphatic carboxylic acids is 1. The number of amides is 1. The standard InChI is InChI=1S/C12H17N3O3/c1-8(9(2)12(17)18)11(16)14(3)6-10-5-13-15(4)7-10/h5,7H,6H2,1-4H3,(H,17,18). The van der Waals surface area contributed by atoms with Gasteiger partial charge in [-0.25, -0.2) is 4.79 Å². The molecule has 1 rings (SSSR count). The highest BCUT2D eigenvalue weighted by atomic mass is 16.4. The van der Waals surface area contributed by atoms with E-state index in [1.807, 2.05) is 6.20 Å². The molecule has 0 atom stereocenters. The number of carbonyl (C=O) groups excluding carboxylic acids is 1. The highest BCUT2D eigenvalue weighted by molar-refractivity contribution is 6.01. The van der Waals surface area contributed by atoms with E-state index in [0.29, 0.717) is 6.54 Å². The Morgan fingerprint density at radius 2 is 2.00 bits per heavy atom. The van der Waals surface area contributed by atoms with Crippen LogP contribution in [0.3, 0.4) is 0 Å². The van der Waals surface area contributed by atoms with Crippen LogP contribution in [-0.2, 0) is 23.2 Å². The fourth-order valence-corrected chi connectivity index (χ4v) is 1.51. The minimum Gasteiger partial charge on any atom is -0.478 e. The Labute approximate surface area is 106 Å². The van der Waals surface area contributed by atoms with Gasteiger partial charge >= 0.3 is 5.97 Å². The average Bonchev–Trinajstić information content (AvgIpc) is 2.71. The molecular formula is C12H17N3O3. The number of nitrogens with zero attached hydrogens (tertiary/aromatic N) is 3. The molecule has 0 spiro atoms. The second-order valence-corrected chi connectivity index (χ2v) is 4.24. The number of aryl methyl sites for hydroxylation is 1. The zero-order valence-corrected chi connectivity index (χ0v) is 11.0. The van der Waals surface area contributed by atoms with Crippen molar-refractivity contribution in [3.05, 3.63) is 29.1 Å². The minimum absolute atomic E-state index is 0.0676. The van der Waals surface area contributed by atoms with E-state index in [-0.39, 0.29) is 17.1 Å². The Hall–Kier alpha value is -2.11. The maximum Gasteiger partial charge on any atom is 0.331 e. The molecule has 0 bridgehead atoms. The van der Waals surface area contributed by atoms with Crippen LogP contribution in [0.5, 0.6) is 0 Å². The minimum atomic E-state index is -1.07. The Kier molecular flexibility index (Phi) is 4.25. The molecule has 1 N–H and O–H groups in total. The number of rotatable bonds is 4. The molecule has 0 aliphatic carbocycles. The summed E-state index contributed by atoms with van der Waals surface area (Å²) < 4.78 is 1.65. The maximum absolute atomic E-state index is 12.0. The second kappa shape index (κ2) is 5.48. The quantitative estimate of drug-likeness (QED) is 0.803. The maximum atomic E-state index is 12.0. The van der Waals surface area contributed by atoms with Gasteiger partial charge in [0.05, 0.1) is 6.20 Å². The van der Waals surface area contributed by atoms with Gasteiger partial charge in [0.15, 0.2) is 0 Å². The highest BCUT2D eigenvalue weighted by Crippen LogP contribution is 2.10. The number of hydrogen-bond acceptors (Lipinski definition) is 3. The van der Waals surface area contributed by atoms with Crippen molar-refractivity contribution in [2.45, 2.75) is 20.4 Å². The third-order valence-corrected chi connectivity index (χ3v) is 2.73. The van der Waals surface area contributed by atoms with Gasteiger partial charge < -0.3 is 10.0 Å². The second-order valence-electron chi connectivity index (χ2n) is 4.24. The van der Waals surface area contributed by atoms with E-state index in [1.165, 1.54) is 18.7 Å². The summed E-state index contributed by atoms with van der Waals surface area (Å²) in [7, 11) is 3.43. The molecule has 0 aliphatic rings. The van der Waals surface area contributed by atoms with Gasteiger partial charge in [-0.1, -0.05) is 0 Å². The molecule has 0 aromatic carbocycles. The summed E-state index contributed by atoms with van der Waals surface area (Å²) in [6, 6.07) is 0. The summed E-state index contributed by atoms with van der Waals surface area (Å²) in [5.74, 6) is -1.37. The molecule has 0 saturated carbocycles. The zero-order valence-electron chi connectivity index (χ0n) is 11.0. The average molecular weight is 251 g/mol. The van der Waals surface area contributed by atoms with Gasteiger partial charge in [0.25, 0.3) is 0 Å². The van der Waals surface area contributed by atoms with Crippen molar-refractivity contribution in [3.8, 4) is 0 Å². The lowest BCUT2D eigenvalue weighted by atomic mass is 10.1. The molecule has 0 fully saturated rings. The van der Waals surface area contributed by atoms with Crippen LogP contribution in [0, 0.1) is 0 Å². The summed E-state index contributed by atoms with van der Waals surface area (Å²) in [6.07, 6.45) is 3.49. The van der Waals surface area contributed by atoms with Gasteiger partial charge in [-0.05, 0) is 13.8 Å². The van der Waals surface area contributed by atoms with E-state index >= 15 is 0 Å². The SMILES string of the molecule is CC(C(=O)O)=C(C)C(=O)N(C)Cc1cnn(C)c1. The number of likely N-dealkylation sites (N-methyl/N-ethyl adjacent to an activating group) is 1. The van der Waals surface area contributed by atoms with Crippen molar-refractivity contribution < 1.29 is 14.7 Å². The third-order valence-electron chi connectivity index (χ3n) is 2.73. The van der Waals surface area contributed by atoms with Crippen molar-refractivity contribution in [3.63, 3.8) is 0 Å². The Morgan fingerprint density at radius 1 is 1.39 bits per heavy atom. The lowest BCUT2D eigenvalue weighted by Crippen LogP contribution is -2.28. The van der Waals surface area contributed by atoms with Gasteiger partial charge in [0, 0.05) is 43.5 Å². The molecule has 98 valence electrons. The topological polar surface area (TPSA) is 75.4 Å². The molecule has 1 aromatic rings. The summed E-state index contributed by atoms with van der Waals surface area (Å²) in [6.45, 7) is 3.34. The number of carbonyl (C=O) groups is 2. The summed E-state index contributed by atoms with van der Waals surface area (Å²) in [4.78, 5) is 24.2. The fourth-order valence-electron chi connectivity index (χ4n) is 1.51. The molecule has 0 radical (unpaired) electrons.